The van der Waals surface area contributed by atoms with Crippen LogP contribution in [-0.2, 0) is 15.9 Å². The fourth-order valence-corrected chi connectivity index (χ4v) is 5.35. The molecule has 2 aliphatic carbocycles. The molecule has 2 aromatic carbocycles. The fourth-order valence-electron chi connectivity index (χ4n) is 5.35. The average Bonchev–Trinajstić information content (AvgIpc) is 2.83. The molecule has 35 heavy (non-hydrogen) atoms. The van der Waals surface area contributed by atoms with E-state index in [4.69, 9.17) is 15.2 Å². The molecule has 10 nitrogen and oxygen atoms in total. The van der Waals surface area contributed by atoms with Crippen molar-refractivity contribution in [1.82, 2.24) is 0 Å². The third-order valence-electron chi connectivity index (χ3n) is 7.21. The Balaban J connectivity index is 1.64. The summed E-state index contributed by atoms with van der Waals surface area (Å²) in [5, 5.41) is 53.4. The van der Waals surface area contributed by atoms with Gasteiger partial charge in [0.1, 0.15) is 11.5 Å². The molecule has 0 spiro atoms. The minimum Gasteiger partial charge on any atom is -0.507 e. The summed E-state index contributed by atoms with van der Waals surface area (Å²) >= 11 is 0. The van der Waals surface area contributed by atoms with E-state index in [0.29, 0.717) is 0 Å². The van der Waals surface area contributed by atoms with E-state index in [-0.39, 0.29) is 52.6 Å². The number of ketones is 2. The molecule has 7 N–H and O–H groups in total. The highest BCUT2D eigenvalue weighted by atomic mass is 16.7. The zero-order chi connectivity index (χ0) is 25.2. The van der Waals surface area contributed by atoms with E-state index >= 15 is 0 Å². The van der Waals surface area contributed by atoms with Gasteiger partial charge in [-0.15, -0.1) is 0 Å². The quantitative estimate of drug-likeness (QED) is 0.285. The molecule has 0 radical (unpaired) electrons. The maximum atomic E-state index is 13.3. The van der Waals surface area contributed by atoms with Crippen LogP contribution in [0.5, 0.6) is 11.5 Å². The number of aromatic hydroxyl groups is 2. The zero-order valence-corrected chi connectivity index (χ0v) is 19.0. The summed E-state index contributed by atoms with van der Waals surface area (Å²) in [5.74, 6) is -2.34. The van der Waals surface area contributed by atoms with Crippen LogP contribution in [0.2, 0.25) is 0 Å². The maximum Gasteiger partial charge on any atom is 0.198 e. The normalized spacial score (nSPS) is 32.1. The van der Waals surface area contributed by atoms with Crippen LogP contribution in [0.1, 0.15) is 68.8 Å². The van der Waals surface area contributed by atoms with Gasteiger partial charge in [-0.3, -0.25) is 9.59 Å². The van der Waals surface area contributed by atoms with E-state index in [0.717, 1.165) is 0 Å². The molecule has 3 aliphatic rings. The summed E-state index contributed by atoms with van der Waals surface area (Å²) < 4.78 is 11.7. The zero-order valence-electron chi connectivity index (χ0n) is 19.0. The van der Waals surface area contributed by atoms with Crippen molar-refractivity contribution in [2.24, 2.45) is 5.73 Å². The number of aliphatic hydroxyl groups excluding tert-OH is 2. The second-order valence-electron chi connectivity index (χ2n) is 9.59. The third kappa shape index (κ3) is 3.65. The predicted octanol–water partition coefficient (Wildman–Crippen LogP) is 0.424. The van der Waals surface area contributed by atoms with Crippen molar-refractivity contribution in [2.45, 2.75) is 62.4 Å². The first kappa shape index (κ1) is 23.9. The highest BCUT2D eigenvalue weighted by Crippen LogP contribution is 2.51. The molecule has 10 heteroatoms. The Bertz CT molecular complexity index is 1220. The first-order valence-electron chi connectivity index (χ1n) is 11.4. The summed E-state index contributed by atoms with van der Waals surface area (Å²) in [6.07, 6.45) is -3.97. The van der Waals surface area contributed by atoms with Crippen molar-refractivity contribution in [3.8, 4) is 11.5 Å². The number of nitrogens with two attached hydrogens (primary N) is 1. The molecule has 0 amide bonds. The van der Waals surface area contributed by atoms with Crippen molar-refractivity contribution < 1.29 is 44.6 Å². The number of benzene rings is 2. The molecule has 1 fully saturated rings. The summed E-state index contributed by atoms with van der Waals surface area (Å²) in [6.45, 7) is 0.944. The van der Waals surface area contributed by atoms with Gasteiger partial charge >= 0.3 is 0 Å². The van der Waals surface area contributed by atoms with Crippen LogP contribution in [0.25, 0.3) is 0 Å². The summed E-state index contributed by atoms with van der Waals surface area (Å²) in [6, 6.07) is 5.47. The number of phenols is 2. The van der Waals surface area contributed by atoms with Gasteiger partial charge in [0.15, 0.2) is 17.9 Å². The first-order chi connectivity index (χ1) is 16.6. The number of rotatable bonds is 3. The molecule has 0 bridgehead atoms. The number of fused-ring (bicyclic) bond motifs is 3. The Kier molecular flexibility index (Phi) is 5.71. The van der Waals surface area contributed by atoms with Crippen LogP contribution < -0.4 is 5.73 Å². The lowest BCUT2D eigenvalue weighted by Gasteiger charge is -2.42. The van der Waals surface area contributed by atoms with Crippen LogP contribution >= 0.6 is 0 Å². The van der Waals surface area contributed by atoms with Crippen molar-refractivity contribution in [1.29, 1.82) is 0 Å². The number of hydrogen-bond donors (Lipinski definition) is 6. The van der Waals surface area contributed by atoms with Gasteiger partial charge in [-0.1, -0.05) is 24.3 Å². The topological polar surface area (TPSA) is 180 Å². The van der Waals surface area contributed by atoms with Crippen LogP contribution in [0, 0.1) is 0 Å². The van der Waals surface area contributed by atoms with Gasteiger partial charge < -0.3 is 40.7 Å². The molecule has 0 saturated carbocycles. The average molecular weight is 485 g/mol. The first-order valence-corrected chi connectivity index (χ1v) is 11.4. The Hall–Kier alpha value is -2.86. The number of carbonyl (C=O) groups excluding carboxylic acids is 2. The monoisotopic (exact) mass is 485 g/mol. The van der Waals surface area contributed by atoms with Gasteiger partial charge in [-0.05, 0) is 6.92 Å². The van der Waals surface area contributed by atoms with Gasteiger partial charge in [0.2, 0.25) is 0 Å². The molecule has 0 aromatic heterocycles. The lowest BCUT2D eigenvalue weighted by atomic mass is 9.73. The van der Waals surface area contributed by atoms with Gasteiger partial charge in [0.05, 0.1) is 41.6 Å². The van der Waals surface area contributed by atoms with Gasteiger partial charge in [-0.2, -0.15) is 0 Å². The highest BCUT2D eigenvalue weighted by Gasteiger charge is 2.47. The fraction of sp³-hybridized carbons (Fsp3) is 0.440. The van der Waals surface area contributed by atoms with E-state index in [1.807, 2.05) is 0 Å². The number of hydrogen-bond acceptors (Lipinski definition) is 10. The molecule has 1 aliphatic heterocycles. The molecule has 1 unspecified atom stereocenters. The van der Waals surface area contributed by atoms with Crippen LogP contribution in [0.15, 0.2) is 24.3 Å². The van der Waals surface area contributed by atoms with Gasteiger partial charge in [-0.25, -0.2) is 0 Å². The highest BCUT2D eigenvalue weighted by molar-refractivity contribution is 6.30. The van der Waals surface area contributed by atoms with Crippen LogP contribution in [0.4, 0.5) is 0 Å². The Morgan fingerprint density at radius 1 is 1.11 bits per heavy atom. The molecule has 6 atom stereocenters. The Labute approximate surface area is 200 Å². The summed E-state index contributed by atoms with van der Waals surface area (Å²) in [7, 11) is 0. The number of ether oxygens (including phenoxy) is 2. The number of aliphatic hydroxyl groups is 3. The van der Waals surface area contributed by atoms with Crippen molar-refractivity contribution in [3.63, 3.8) is 0 Å². The summed E-state index contributed by atoms with van der Waals surface area (Å²) in [4.78, 5) is 26.5. The maximum absolute atomic E-state index is 13.3. The summed E-state index contributed by atoms with van der Waals surface area (Å²) in [5.41, 5.74) is 3.81. The smallest absolute Gasteiger partial charge is 0.198 e. The van der Waals surface area contributed by atoms with Gasteiger partial charge in [0, 0.05) is 47.6 Å². The molecule has 1 heterocycles. The number of carbonyl (C=O) groups is 2. The van der Waals surface area contributed by atoms with E-state index < -0.39 is 65.9 Å². The van der Waals surface area contributed by atoms with Crippen molar-refractivity contribution >= 4 is 11.6 Å². The lowest BCUT2D eigenvalue weighted by molar-refractivity contribution is -0.248. The minimum absolute atomic E-state index is 0.00257. The van der Waals surface area contributed by atoms with E-state index in [9.17, 15) is 35.1 Å². The molecule has 1 saturated heterocycles. The molecule has 5 rings (SSSR count). The molecular formula is C25H27NO9. The SMILES string of the molecule is C[C@@H]1OC(O[C@H]2C[C@](O)(CO)Cc3c(O)c4c(c(O)c32)C(=O)c2ccccc2C4=O)C[C@H](N)[C@@H]1O. The lowest BCUT2D eigenvalue weighted by Crippen LogP contribution is -2.52. The standard InChI is InChI=1S/C25H27NO9/c1-10-20(28)14(26)6-16(34-10)35-15-8-25(33,9-27)7-13-17(15)24(32)19-18(23(13)31)21(29)11-4-2-3-5-12(11)22(19)30/h2-5,10,14-16,20,27-28,31-33H,6-9,26H2,1H3/t10-,14-,15-,16?,20+,25-/m0/s1. The second kappa shape index (κ2) is 8.37. The third-order valence-corrected chi connectivity index (χ3v) is 7.21. The van der Waals surface area contributed by atoms with Crippen LogP contribution in [-0.4, -0.2) is 73.8 Å². The predicted molar refractivity (Wildman–Crippen MR) is 120 cm³/mol. The largest absolute Gasteiger partial charge is 0.507 e. The van der Waals surface area contributed by atoms with E-state index in [2.05, 4.69) is 0 Å². The van der Waals surface area contributed by atoms with E-state index in [1.54, 1.807) is 19.1 Å². The molecule has 186 valence electrons. The van der Waals surface area contributed by atoms with Crippen molar-refractivity contribution in [2.75, 3.05) is 6.61 Å². The Morgan fingerprint density at radius 2 is 1.71 bits per heavy atom. The Morgan fingerprint density at radius 3 is 2.29 bits per heavy atom. The van der Waals surface area contributed by atoms with Crippen molar-refractivity contribution in [3.05, 3.63) is 57.6 Å². The number of phenolic OH excluding ortho intramolecular Hbond substituents is 2. The molecular weight excluding hydrogens is 458 g/mol. The molecule has 2 aromatic rings. The minimum atomic E-state index is -1.74. The van der Waals surface area contributed by atoms with Gasteiger partial charge in [0.25, 0.3) is 0 Å². The van der Waals surface area contributed by atoms with E-state index in [1.165, 1.54) is 12.1 Å². The second-order valence-corrected chi connectivity index (χ2v) is 9.59. The van der Waals surface area contributed by atoms with Crippen LogP contribution in [0.3, 0.4) is 0 Å².